The molecular formula is C13H13BrFNO. The molecule has 0 radical (unpaired) electrons. The number of furan rings is 1. The predicted molar refractivity (Wildman–Crippen MR) is 68.2 cm³/mol. The quantitative estimate of drug-likeness (QED) is 0.855. The molecule has 0 saturated carbocycles. The molecule has 1 N–H and O–H groups in total. The summed E-state index contributed by atoms with van der Waals surface area (Å²) in [6, 6.07) is 8.87. The zero-order valence-electron chi connectivity index (χ0n) is 9.25. The minimum Gasteiger partial charge on any atom is -0.469 e. The van der Waals surface area contributed by atoms with Crippen molar-refractivity contribution in [3.8, 4) is 0 Å². The van der Waals surface area contributed by atoms with E-state index < -0.39 is 0 Å². The molecule has 17 heavy (non-hydrogen) atoms. The van der Waals surface area contributed by atoms with E-state index in [0.29, 0.717) is 11.0 Å². The molecule has 0 unspecified atom stereocenters. The molecule has 0 bridgehead atoms. The van der Waals surface area contributed by atoms with E-state index in [9.17, 15) is 4.39 Å². The van der Waals surface area contributed by atoms with Gasteiger partial charge in [-0.25, -0.2) is 4.39 Å². The first kappa shape index (κ1) is 12.3. The second kappa shape index (κ2) is 5.98. The molecule has 90 valence electrons. The van der Waals surface area contributed by atoms with Crippen LogP contribution in [0.15, 0.2) is 45.5 Å². The number of hydrogen-bond acceptors (Lipinski definition) is 2. The molecule has 0 aliphatic rings. The summed E-state index contributed by atoms with van der Waals surface area (Å²) in [4.78, 5) is 0. The molecule has 4 heteroatoms. The van der Waals surface area contributed by atoms with E-state index in [1.165, 1.54) is 6.07 Å². The van der Waals surface area contributed by atoms with Crippen LogP contribution < -0.4 is 5.32 Å². The number of hydrogen-bond donors (Lipinski definition) is 1. The molecule has 0 aliphatic carbocycles. The zero-order chi connectivity index (χ0) is 12.1. The van der Waals surface area contributed by atoms with Crippen molar-refractivity contribution in [3.05, 3.63) is 58.2 Å². The summed E-state index contributed by atoms with van der Waals surface area (Å²) < 4.78 is 19.0. The van der Waals surface area contributed by atoms with Gasteiger partial charge in [-0.15, -0.1) is 0 Å². The van der Waals surface area contributed by atoms with Crippen molar-refractivity contribution >= 4 is 15.9 Å². The Kier molecular flexibility index (Phi) is 4.34. The van der Waals surface area contributed by atoms with Crippen molar-refractivity contribution in [1.82, 2.24) is 5.32 Å². The number of benzene rings is 1. The van der Waals surface area contributed by atoms with Crippen LogP contribution in [0.5, 0.6) is 0 Å². The van der Waals surface area contributed by atoms with Crippen molar-refractivity contribution < 1.29 is 8.81 Å². The average Bonchev–Trinajstić information content (AvgIpc) is 2.83. The molecule has 0 atom stereocenters. The maximum absolute atomic E-state index is 13.2. The molecule has 1 heterocycles. The Hall–Kier alpha value is -1.13. The van der Waals surface area contributed by atoms with E-state index in [1.54, 1.807) is 12.3 Å². The van der Waals surface area contributed by atoms with Gasteiger partial charge in [-0.2, -0.15) is 0 Å². The maximum atomic E-state index is 13.2. The Labute approximate surface area is 108 Å². The highest BCUT2D eigenvalue weighted by Gasteiger charge is 2.04. The van der Waals surface area contributed by atoms with Gasteiger partial charge in [0, 0.05) is 19.5 Å². The Bertz CT molecular complexity index is 470. The van der Waals surface area contributed by atoms with Crippen molar-refractivity contribution in [2.75, 3.05) is 6.54 Å². The molecule has 0 fully saturated rings. The molecule has 1 aromatic heterocycles. The Morgan fingerprint density at radius 3 is 2.88 bits per heavy atom. The number of halogens is 2. The van der Waals surface area contributed by atoms with Crippen LogP contribution in [0.25, 0.3) is 0 Å². The maximum Gasteiger partial charge on any atom is 0.137 e. The lowest BCUT2D eigenvalue weighted by molar-refractivity contribution is 0.498. The van der Waals surface area contributed by atoms with Crippen LogP contribution in [0.1, 0.15) is 11.3 Å². The van der Waals surface area contributed by atoms with Crippen molar-refractivity contribution in [2.45, 2.75) is 13.0 Å². The number of rotatable bonds is 5. The lowest BCUT2D eigenvalue weighted by Gasteiger charge is -2.06. The van der Waals surface area contributed by atoms with Gasteiger partial charge >= 0.3 is 0 Å². The van der Waals surface area contributed by atoms with Crippen LogP contribution in [0, 0.1) is 5.82 Å². The third-order valence-electron chi connectivity index (χ3n) is 2.48. The summed E-state index contributed by atoms with van der Waals surface area (Å²) in [7, 11) is 0. The zero-order valence-corrected chi connectivity index (χ0v) is 10.8. The van der Waals surface area contributed by atoms with Crippen LogP contribution in [0.4, 0.5) is 4.39 Å². The first-order chi connectivity index (χ1) is 8.27. The van der Waals surface area contributed by atoms with Crippen LogP contribution >= 0.6 is 15.9 Å². The summed E-state index contributed by atoms with van der Waals surface area (Å²) in [6.07, 6.45) is 2.50. The van der Waals surface area contributed by atoms with E-state index in [1.807, 2.05) is 18.2 Å². The minimum absolute atomic E-state index is 0.227. The highest BCUT2D eigenvalue weighted by atomic mass is 79.9. The monoisotopic (exact) mass is 297 g/mol. The summed E-state index contributed by atoms with van der Waals surface area (Å²) in [5.74, 6) is 0.728. The summed E-state index contributed by atoms with van der Waals surface area (Å²) in [5.41, 5.74) is 0.921. The molecular weight excluding hydrogens is 285 g/mol. The average molecular weight is 298 g/mol. The van der Waals surface area contributed by atoms with Gasteiger partial charge < -0.3 is 9.73 Å². The highest BCUT2D eigenvalue weighted by molar-refractivity contribution is 9.10. The van der Waals surface area contributed by atoms with E-state index in [0.717, 1.165) is 24.3 Å². The molecule has 1 aromatic carbocycles. The highest BCUT2D eigenvalue weighted by Crippen LogP contribution is 2.19. The first-order valence-corrected chi connectivity index (χ1v) is 6.22. The largest absolute Gasteiger partial charge is 0.469 e. The van der Waals surface area contributed by atoms with Gasteiger partial charge in [-0.05, 0) is 39.7 Å². The van der Waals surface area contributed by atoms with Crippen molar-refractivity contribution in [3.63, 3.8) is 0 Å². The molecule has 0 spiro atoms. The van der Waals surface area contributed by atoms with Crippen LogP contribution in [0.2, 0.25) is 0 Å². The third-order valence-corrected chi connectivity index (χ3v) is 3.36. The standard InChI is InChI=1S/C13H13BrFNO/c14-13-10(3-1-5-12(13)15)9-16-7-6-11-4-2-8-17-11/h1-5,8,16H,6-7,9H2. The molecule has 0 amide bonds. The van der Waals surface area contributed by atoms with E-state index in [4.69, 9.17) is 4.42 Å². The van der Waals surface area contributed by atoms with E-state index in [-0.39, 0.29) is 5.82 Å². The van der Waals surface area contributed by atoms with Gasteiger partial charge in [0.25, 0.3) is 0 Å². The fourth-order valence-corrected chi connectivity index (χ4v) is 1.98. The van der Waals surface area contributed by atoms with Gasteiger partial charge in [-0.3, -0.25) is 0 Å². The lowest BCUT2D eigenvalue weighted by Crippen LogP contribution is -2.16. The van der Waals surface area contributed by atoms with E-state index >= 15 is 0 Å². The second-order valence-corrected chi connectivity index (χ2v) is 4.51. The third kappa shape index (κ3) is 3.41. The normalized spacial score (nSPS) is 10.7. The first-order valence-electron chi connectivity index (χ1n) is 5.43. The predicted octanol–water partition coefficient (Wildman–Crippen LogP) is 3.51. The lowest BCUT2D eigenvalue weighted by atomic mass is 10.2. The van der Waals surface area contributed by atoms with Crippen LogP contribution in [-0.2, 0) is 13.0 Å². The van der Waals surface area contributed by atoms with Gasteiger partial charge in [0.1, 0.15) is 11.6 Å². The Morgan fingerprint density at radius 2 is 2.12 bits per heavy atom. The smallest absolute Gasteiger partial charge is 0.137 e. The molecule has 2 rings (SSSR count). The molecule has 2 aromatic rings. The van der Waals surface area contributed by atoms with Crippen LogP contribution in [-0.4, -0.2) is 6.54 Å². The number of nitrogens with one attached hydrogen (secondary N) is 1. The van der Waals surface area contributed by atoms with Gasteiger partial charge in [0.2, 0.25) is 0 Å². The van der Waals surface area contributed by atoms with Crippen molar-refractivity contribution in [2.24, 2.45) is 0 Å². The SMILES string of the molecule is Fc1cccc(CNCCc2ccco2)c1Br. The van der Waals surface area contributed by atoms with Gasteiger partial charge in [0.15, 0.2) is 0 Å². The van der Waals surface area contributed by atoms with Gasteiger partial charge in [0.05, 0.1) is 10.7 Å². The fraction of sp³-hybridized carbons (Fsp3) is 0.231. The van der Waals surface area contributed by atoms with Crippen LogP contribution in [0.3, 0.4) is 0 Å². The molecule has 0 saturated heterocycles. The minimum atomic E-state index is -0.227. The second-order valence-electron chi connectivity index (χ2n) is 3.72. The topological polar surface area (TPSA) is 25.2 Å². The molecule has 0 aliphatic heterocycles. The summed E-state index contributed by atoms with van der Waals surface area (Å²) in [6.45, 7) is 1.44. The summed E-state index contributed by atoms with van der Waals surface area (Å²) >= 11 is 3.24. The molecule has 2 nitrogen and oxygen atoms in total. The van der Waals surface area contributed by atoms with Gasteiger partial charge in [-0.1, -0.05) is 12.1 Å². The van der Waals surface area contributed by atoms with E-state index in [2.05, 4.69) is 21.2 Å². The summed E-state index contributed by atoms with van der Waals surface area (Å²) in [5, 5.41) is 3.25. The fourth-order valence-electron chi connectivity index (χ4n) is 1.57. The Balaban J connectivity index is 1.80. The van der Waals surface area contributed by atoms with Crippen molar-refractivity contribution in [1.29, 1.82) is 0 Å². The Morgan fingerprint density at radius 1 is 1.24 bits per heavy atom.